The van der Waals surface area contributed by atoms with E-state index in [9.17, 15) is 39.6 Å². The van der Waals surface area contributed by atoms with Crippen molar-refractivity contribution < 1.29 is 43.9 Å². The zero-order chi connectivity index (χ0) is 22.1. The van der Waals surface area contributed by atoms with E-state index < -0.39 is 75.3 Å². The second-order valence-electron chi connectivity index (χ2n) is 6.87. The summed E-state index contributed by atoms with van der Waals surface area (Å²) in [7, 11) is -4.75. The van der Waals surface area contributed by atoms with Crippen molar-refractivity contribution in [1.29, 1.82) is 0 Å². The largest absolute Gasteiger partial charge is 0.416 e. The summed E-state index contributed by atoms with van der Waals surface area (Å²) in [4.78, 5) is 10.7. The van der Waals surface area contributed by atoms with E-state index in [0.29, 0.717) is 12.1 Å². The topological polar surface area (TPSA) is 63.2 Å². The fourth-order valence-corrected chi connectivity index (χ4v) is 4.80. The maximum Gasteiger partial charge on any atom is 0.416 e. The maximum absolute atomic E-state index is 15.1. The van der Waals surface area contributed by atoms with Gasteiger partial charge in [-0.1, -0.05) is 6.07 Å². The molecule has 1 N–H and O–H groups in total. The van der Waals surface area contributed by atoms with E-state index in [-0.39, 0.29) is 12.8 Å². The molecule has 0 bridgehead atoms. The Kier molecular flexibility index (Phi) is 6.56. The molecule has 1 aromatic carbocycles. The van der Waals surface area contributed by atoms with E-state index in [1.165, 1.54) is 0 Å². The standard InChI is InChI=1S/C17H18F7NO3S/c18-15(29(27,28)13-3-1-2-11(10-13)17(22,23)24)7-4-12(5-8-15)25-14(26)6-9-16(19,20)21/h1-3,10,12H,4-9H2,(H,25,26). The predicted octanol–water partition coefficient (Wildman–Crippen LogP) is 4.55. The van der Waals surface area contributed by atoms with Gasteiger partial charge in [0.15, 0.2) is 0 Å². The van der Waals surface area contributed by atoms with Crippen molar-refractivity contribution in [2.75, 3.05) is 0 Å². The molecule has 164 valence electrons. The van der Waals surface area contributed by atoms with Crippen LogP contribution in [0.15, 0.2) is 29.2 Å². The molecule has 12 heteroatoms. The highest BCUT2D eigenvalue weighted by Crippen LogP contribution is 2.41. The van der Waals surface area contributed by atoms with Crippen molar-refractivity contribution in [3.05, 3.63) is 29.8 Å². The van der Waals surface area contributed by atoms with Crippen LogP contribution < -0.4 is 5.32 Å². The van der Waals surface area contributed by atoms with Crippen LogP contribution in [0.25, 0.3) is 0 Å². The minimum absolute atomic E-state index is 0.174. The fraction of sp³-hybridized carbons (Fsp3) is 0.588. The number of alkyl halides is 7. The zero-order valence-corrected chi connectivity index (χ0v) is 15.7. The first-order valence-corrected chi connectivity index (χ1v) is 10.1. The number of benzene rings is 1. The minimum Gasteiger partial charge on any atom is -0.353 e. The predicted molar refractivity (Wildman–Crippen MR) is 88.2 cm³/mol. The van der Waals surface area contributed by atoms with E-state index in [0.717, 1.165) is 12.1 Å². The Labute approximate surface area is 162 Å². The van der Waals surface area contributed by atoms with Crippen LogP contribution in [0.5, 0.6) is 0 Å². The Bertz CT molecular complexity index is 841. The third kappa shape index (κ3) is 5.83. The Balaban J connectivity index is 2.05. The lowest BCUT2D eigenvalue weighted by molar-refractivity contribution is -0.144. The highest BCUT2D eigenvalue weighted by atomic mass is 32.2. The molecule has 0 unspecified atom stereocenters. The van der Waals surface area contributed by atoms with Gasteiger partial charge in [0.25, 0.3) is 0 Å². The van der Waals surface area contributed by atoms with Crippen molar-refractivity contribution in [3.8, 4) is 0 Å². The third-order valence-electron chi connectivity index (χ3n) is 4.69. The van der Waals surface area contributed by atoms with Crippen LogP contribution in [-0.2, 0) is 20.8 Å². The van der Waals surface area contributed by atoms with Gasteiger partial charge in [0.1, 0.15) is 0 Å². The van der Waals surface area contributed by atoms with Gasteiger partial charge in [-0.2, -0.15) is 26.3 Å². The number of sulfone groups is 1. The minimum atomic E-state index is -4.80. The lowest BCUT2D eigenvalue weighted by Gasteiger charge is -2.34. The summed E-state index contributed by atoms with van der Waals surface area (Å²) in [6.45, 7) is 0. The molecule has 1 fully saturated rings. The van der Waals surface area contributed by atoms with Gasteiger partial charge < -0.3 is 5.32 Å². The molecule has 29 heavy (non-hydrogen) atoms. The lowest BCUT2D eigenvalue weighted by atomic mass is 9.93. The van der Waals surface area contributed by atoms with Crippen LogP contribution in [0.4, 0.5) is 30.7 Å². The van der Waals surface area contributed by atoms with Gasteiger partial charge in [-0.3, -0.25) is 4.79 Å². The van der Waals surface area contributed by atoms with Crippen molar-refractivity contribution in [3.63, 3.8) is 0 Å². The van der Waals surface area contributed by atoms with Gasteiger partial charge in [0.2, 0.25) is 20.7 Å². The Hall–Kier alpha value is -1.85. The Morgan fingerprint density at radius 2 is 1.69 bits per heavy atom. The van der Waals surface area contributed by atoms with E-state index in [2.05, 4.69) is 5.32 Å². The molecular weight excluding hydrogens is 431 g/mol. The summed E-state index contributed by atoms with van der Waals surface area (Å²) in [5.41, 5.74) is -1.23. The van der Waals surface area contributed by atoms with Gasteiger partial charge in [-0.25, -0.2) is 12.8 Å². The first kappa shape index (κ1) is 23.4. The number of rotatable bonds is 5. The molecule has 4 nitrogen and oxygen atoms in total. The molecule has 1 aromatic rings. The highest BCUT2D eigenvalue weighted by molar-refractivity contribution is 7.92. The molecule has 1 aliphatic carbocycles. The summed E-state index contributed by atoms with van der Waals surface area (Å²) in [6.07, 6.45) is -13.0. The SMILES string of the molecule is O=C(CCC(F)(F)F)NC1CCC(F)(S(=O)(=O)c2cccc(C(F)(F)F)c2)CC1. The molecule has 2 rings (SSSR count). The normalized spacial score (nSPS) is 23.6. The molecule has 0 aromatic heterocycles. The molecule has 1 aliphatic rings. The van der Waals surface area contributed by atoms with Gasteiger partial charge >= 0.3 is 12.4 Å². The van der Waals surface area contributed by atoms with Crippen LogP contribution in [0, 0.1) is 0 Å². The maximum atomic E-state index is 15.1. The third-order valence-corrected chi connectivity index (χ3v) is 6.93. The number of nitrogens with one attached hydrogen (secondary N) is 1. The molecule has 0 aliphatic heterocycles. The molecule has 0 atom stereocenters. The first-order chi connectivity index (χ1) is 13.1. The van der Waals surface area contributed by atoms with E-state index in [1.54, 1.807) is 0 Å². The molecule has 1 amide bonds. The van der Waals surface area contributed by atoms with Gasteiger partial charge in [-0.15, -0.1) is 0 Å². The molecular formula is C17H18F7NO3S. The monoisotopic (exact) mass is 449 g/mol. The summed E-state index contributed by atoms with van der Waals surface area (Å²) in [6, 6.07) is 2.05. The average molecular weight is 449 g/mol. The number of carbonyl (C=O) groups excluding carboxylic acids is 1. The van der Waals surface area contributed by atoms with E-state index in [4.69, 9.17) is 0 Å². The molecule has 0 saturated heterocycles. The van der Waals surface area contributed by atoms with Gasteiger partial charge in [-0.05, 0) is 43.9 Å². The number of amides is 1. The van der Waals surface area contributed by atoms with Crippen LogP contribution in [0.3, 0.4) is 0 Å². The summed E-state index contributed by atoms with van der Waals surface area (Å²) >= 11 is 0. The second-order valence-corrected chi connectivity index (χ2v) is 9.08. The van der Waals surface area contributed by atoms with Crippen LogP contribution in [-0.4, -0.2) is 31.5 Å². The van der Waals surface area contributed by atoms with Crippen molar-refractivity contribution >= 4 is 15.7 Å². The number of hydrogen-bond acceptors (Lipinski definition) is 3. The van der Waals surface area contributed by atoms with Crippen LogP contribution in [0.2, 0.25) is 0 Å². The molecule has 0 spiro atoms. The Morgan fingerprint density at radius 1 is 1.10 bits per heavy atom. The van der Waals surface area contributed by atoms with E-state index >= 15 is 4.39 Å². The van der Waals surface area contributed by atoms with Crippen molar-refractivity contribution in [2.24, 2.45) is 0 Å². The average Bonchev–Trinajstić information content (AvgIpc) is 2.61. The van der Waals surface area contributed by atoms with Crippen molar-refractivity contribution in [2.45, 2.75) is 66.8 Å². The van der Waals surface area contributed by atoms with Crippen molar-refractivity contribution in [1.82, 2.24) is 5.32 Å². The Morgan fingerprint density at radius 3 is 2.21 bits per heavy atom. The smallest absolute Gasteiger partial charge is 0.353 e. The highest BCUT2D eigenvalue weighted by Gasteiger charge is 2.48. The quantitative estimate of drug-likeness (QED) is 0.672. The zero-order valence-electron chi connectivity index (χ0n) is 14.9. The molecule has 1 saturated carbocycles. The lowest BCUT2D eigenvalue weighted by Crippen LogP contribution is -2.45. The van der Waals surface area contributed by atoms with Gasteiger partial charge in [0, 0.05) is 12.5 Å². The summed E-state index contributed by atoms with van der Waals surface area (Å²) < 4.78 is 115. The number of carbonyl (C=O) groups is 1. The summed E-state index contributed by atoms with van der Waals surface area (Å²) in [5.74, 6) is -0.889. The van der Waals surface area contributed by atoms with Gasteiger partial charge in [0.05, 0.1) is 16.9 Å². The molecule has 0 radical (unpaired) electrons. The molecule has 0 heterocycles. The summed E-state index contributed by atoms with van der Waals surface area (Å²) in [5, 5.41) is -0.529. The van der Waals surface area contributed by atoms with Crippen LogP contribution in [0.1, 0.15) is 44.1 Å². The second kappa shape index (κ2) is 8.11. The fourth-order valence-electron chi connectivity index (χ4n) is 3.07. The van der Waals surface area contributed by atoms with E-state index in [1.807, 2.05) is 0 Å². The first-order valence-electron chi connectivity index (χ1n) is 8.61. The van der Waals surface area contributed by atoms with Crippen LogP contribution >= 0.6 is 0 Å². The number of hydrogen-bond donors (Lipinski definition) is 1. The number of halogens is 7.